The van der Waals surface area contributed by atoms with E-state index in [-0.39, 0.29) is 24.4 Å². The lowest BCUT2D eigenvalue weighted by Gasteiger charge is -2.35. The zero-order valence-electron chi connectivity index (χ0n) is 18.1. The van der Waals surface area contributed by atoms with E-state index in [9.17, 15) is 9.90 Å². The molecule has 2 heterocycles. The summed E-state index contributed by atoms with van der Waals surface area (Å²) in [6.45, 7) is 3.63. The first-order valence-corrected chi connectivity index (χ1v) is 11.7. The number of carbonyl (C=O) groups is 1. The van der Waals surface area contributed by atoms with E-state index < -0.39 is 6.10 Å². The lowest BCUT2D eigenvalue weighted by molar-refractivity contribution is -0.132. The molecule has 1 amide bonds. The van der Waals surface area contributed by atoms with Crippen LogP contribution in [0.4, 0.5) is 0 Å². The maximum Gasteiger partial charge on any atom is 0.226 e. The number of nitrogens with one attached hydrogen (secondary N) is 1. The first-order valence-electron chi connectivity index (χ1n) is 11.7. The fourth-order valence-electron chi connectivity index (χ4n) is 6.25. The molecular weight excluding hydrogens is 424 g/mol. The highest BCUT2D eigenvalue weighted by atomic mass is 35.5. The van der Waals surface area contributed by atoms with Gasteiger partial charge in [0.05, 0.1) is 6.10 Å². The fourth-order valence-corrected chi connectivity index (χ4v) is 6.25. The third-order valence-corrected chi connectivity index (χ3v) is 8.00. The first kappa shape index (κ1) is 21.7. The van der Waals surface area contributed by atoms with Crippen molar-refractivity contribution in [3.8, 4) is 16.9 Å². The van der Waals surface area contributed by atoms with Crippen LogP contribution in [0.2, 0.25) is 0 Å². The van der Waals surface area contributed by atoms with Gasteiger partial charge >= 0.3 is 0 Å². The highest BCUT2D eigenvalue weighted by Crippen LogP contribution is 2.50. The van der Waals surface area contributed by atoms with Gasteiger partial charge in [-0.2, -0.15) is 0 Å². The molecule has 0 bridgehead atoms. The van der Waals surface area contributed by atoms with Crippen LogP contribution >= 0.6 is 12.4 Å². The standard InChI is InChI=1S/C26H30N2O3.ClH/c29-23-10-18-14-28(26(30)25-21-12-27-13-22(21)25)15-19(18)11-24(23)31-20-8-4-7-17(9-20)16-5-2-1-3-6-16;/h1-9,18-19,21-25,27,29H,10-15H2;1H/t18-,19+,21-,22+,23+,24+,25?;/m0./s1. The Morgan fingerprint density at radius 1 is 0.938 bits per heavy atom. The van der Waals surface area contributed by atoms with Gasteiger partial charge in [-0.25, -0.2) is 0 Å². The molecule has 1 unspecified atom stereocenters. The summed E-state index contributed by atoms with van der Waals surface area (Å²) in [7, 11) is 0. The van der Waals surface area contributed by atoms with Crippen molar-refractivity contribution in [3.05, 3.63) is 54.6 Å². The highest BCUT2D eigenvalue weighted by molar-refractivity contribution is 5.85. The molecule has 2 saturated carbocycles. The van der Waals surface area contributed by atoms with Gasteiger partial charge in [0.25, 0.3) is 0 Å². The molecule has 0 spiro atoms. The van der Waals surface area contributed by atoms with Gasteiger partial charge in [-0.05, 0) is 72.9 Å². The maximum absolute atomic E-state index is 13.0. The van der Waals surface area contributed by atoms with Crippen LogP contribution in [-0.4, -0.2) is 54.3 Å². The Morgan fingerprint density at radius 3 is 2.38 bits per heavy atom. The number of benzene rings is 2. The molecule has 2 aromatic rings. The largest absolute Gasteiger partial charge is 0.488 e. The predicted octanol–water partition coefficient (Wildman–Crippen LogP) is 3.22. The number of aliphatic hydroxyl groups is 1. The van der Waals surface area contributed by atoms with E-state index in [1.165, 1.54) is 0 Å². The number of amides is 1. The fraction of sp³-hybridized carbons (Fsp3) is 0.500. The third kappa shape index (κ3) is 3.91. The molecule has 2 aromatic carbocycles. The molecule has 2 aliphatic heterocycles. The summed E-state index contributed by atoms with van der Waals surface area (Å²) in [5, 5.41) is 14.2. The Hall–Kier alpha value is -2.08. The summed E-state index contributed by atoms with van der Waals surface area (Å²) in [5.74, 6) is 3.35. The van der Waals surface area contributed by atoms with Crippen LogP contribution in [0, 0.1) is 29.6 Å². The molecule has 2 saturated heterocycles. The van der Waals surface area contributed by atoms with Gasteiger partial charge in [0.2, 0.25) is 5.91 Å². The summed E-state index contributed by atoms with van der Waals surface area (Å²) in [5.41, 5.74) is 2.27. The molecule has 0 aromatic heterocycles. The van der Waals surface area contributed by atoms with Gasteiger partial charge < -0.3 is 20.1 Å². The number of rotatable bonds is 4. The molecule has 6 rings (SSSR count). The minimum atomic E-state index is -0.485. The second-order valence-corrected chi connectivity index (χ2v) is 9.86. The Balaban J connectivity index is 0.00000216. The van der Waals surface area contributed by atoms with Crippen molar-refractivity contribution in [2.75, 3.05) is 26.2 Å². The normalized spacial score (nSPS) is 34.9. The topological polar surface area (TPSA) is 61.8 Å². The van der Waals surface area contributed by atoms with Crippen molar-refractivity contribution in [3.63, 3.8) is 0 Å². The second-order valence-electron chi connectivity index (χ2n) is 9.86. The summed E-state index contributed by atoms with van der Waals surface area (Å²) >= 11 is 0. The summed E-state index contributed by atoms with van der Waals surface area (Å²) in [6, 6.07) is 18.4. The van der Waals surface area contributed by atoms with Gasteiger partial charge in [0.15, 0.2) is 0 Å². The maximum atomic E-state index is 13.0. The minimum absolute atomic E-state index is 0. The molecule has 2 aliphatic carbocycles. The number of halogens is 1. The van der Waals surface area contributed by atoms with Crippen LogP contribution in [0.3, 0.4) is 0 Å². The summed E-state index contributed by atoms with van der Waals surface area (Å²) in [6.07, 6.45) is 0.828. The van der Waals surface area contributed by atoms with Gasteiger partial charge in [-0.15, -0.1) is 12.4 Å². The van der Waals surface area contributed by atoms with Crippen LogP contribution in [0.5, 0.6) is 5.75 Å². The summed E-state index contributed by atoms with van der Waals surface area (Å²) < 4.78 is 6.29. The molecule has 5 nitrogen and oxygen atoms in total. The molecule has 4 aliphatic rings. The van der Waals surface area contributed by atoms with E-state index in [4.69, 9.17) is 4.74 Å². The van der Waals surface area contributed by atoms with Gasteiger partial charge in [-0.3, -0.25) is 4.79 Å². The number of piperidine rings is 1. The first-order chi connectivity index (χ1) is 15.2. The number of ether oxygens (including phenoxy) is 1. The Labute approximate surface area is 195 Å². The van der Waals surface area contributed by atoms with Crippen molar-refractivity contribution >= 4 is 18.3 Å². The molecule has 2 N–H and O–H groups in total. The van der Waals surface area contributed by atoms with Crippen molar-refractivity contribution < 1.29 is 14.6 Å². The molecule has 4 fully saturated rings. The number of hydrogen-bond acceptors (Lipinski definition) is 4. The smallest absolute Gasteiger partial charge is 0.226 e. The van der Waals surface area contributed by atoms with Gasteiger partial charge in [-0.1, -0.05) is 42.5 Å². The highest BCUT2D eigenvalue weighted by Gasteiger charge is 2.59. The van der Waals surface area contributed by atoms with Crippen LogP contribution in [0.25, 0.3) is 11.1 Å². The number of likely N-dealkylation sites (tertiary alicyclic amines) is 1. The predicted molar refractivity (Wildman–Crippen MR) is 126 cm³/mol. The quantitative estimate of drug-likeness (QED) is 0.744. The third-order valence-electron chi connectivity index (χ3n) is 8.00. The lowest BCUT2D eigenvalue weighted by atomic mass is 9.78. The van der Waals surface area contributed by atoms with E-state index in [2.05, 4.69) is 34.5 Å². The molecule has 6 heteroatoms. The van der Waals surface area contributed by atoms with Crippen LogP contribution in [0.15, 0.2) is 54.6 Å². The van der Waals surface area contributed by atoms with E-state index in [1.807, 2.05) is 30.3 Å². The van der Waals surface area contributed by atoms with Crippen LogP contribution in [0.1, 0.15) is 12.8 Å². The van der Waals surface area contributed by atoms with Crippen molar-refractivity contribution in [2.45, 2.75) is 25.0 Å². The second kappa shape index (κ2) is 8.69. The van der Waals surface area contributed by atoms with Gasteiger partial charge in [0.1, 0.15) is 11.9 Å². The number of hydrogen-bond donors (Lipinski definition) is 2. The lowest BCUT2D eigenvalue weighted by Crippen LogP contribution is -2.42. The average molecular weight is 455 g/mol. The van der Waals surface area contributed by atoms with Crippen molar-refractivity contribution in [1.82, 2.24) is 10.2 Å². The Kier molecular flexibility index (Phi) is 5.91. The minimum Gasteiger partial charge on any atom is -0.488 e. The number of aliphatic hydroxyl groups excluding tert-OH is 1. The number of nitrogens with zero attached hydrogens (tertiary/aromatic N) is 1. The van der Waals surface area contributed by atoms with E-state index in [1.54, 1.807) is 0 Å². The Morgan fingerprint density at radius 2 is 1.62 bits per heavy atom. The van der Waals surface area contributed by atoms with Crippen molar-refractivity contribution in [1.29, 1.82) is 0 Å². The molecule has 0 radical (unpaired) electrons. The van der Waals surface area contributed by atoms with E-state index >= 15 is 0 Å². The molecule has 170 valence electrons. The number of carbonyl (C=O) groups excluding carboxylic acids is 1. The van der Waals surface area contributed by atoms with Crippen LogP contribution in [-0.2, 0) is 4.79 Å². The number of fused-ring (bicyclic) bond motifs is 2. The zero-order valence-corrected chi connectivity index (χ0v) is 18.9. The van der Waals surface area contributed by atoms with E-state index in [0.29, 0.717) is 29.6 Å². The monoisotopic (exact) mass is 454 g/mol. The Bertz CT molecular complexity index is 961. The molecular formula is C26H31ClN2O3. The summed E-state index contributed by atoms with van der Waals surface area (Å²) in [4.78, 5) is 15.1. The average Bonchev–Trinajstić information content (AvgIpc) is 3.11. The van der Waals surface area contributed by atoms with E-state index in [0.717, 1.165) is 55.9 Å². The zero-order chi connectivity index (χ0) is 20.9. The van der Waals surface area contributed by atoms with Gasteiger partial charge in [0, 0.05) is 19.0 Å². The molecule has 32 heavy (non-hydrogen) atoms. The SMILES string of the molecule is Cl.O=C(C1[C@H]2CNC[C@@H]12)N1C[C@H]2C[C@@H](Oc3cccc(-c4ccccc4)c3)[C@H](O)C[C@H]2C1. The molecule has 7 atom stereocenters. The van der Waals surface area contributed by atoms with Crippen molar-refractivity contribution in [2.24, 2.45) is 29.6 Å². The van der Waals surface area contributed by atoms with Crippen LogP contribution < -0.4 is 10.1 Å².